The topological polar surface area (TPSA) is 171 Å². The molecule has 0 spiro atoms. The molecule has 0 saturated carbocycles. The highest BCUT2D eigenvalue weighted by Gasteiger charge is 2.20. The Morgan fingerprint density at radius 3 is 2.57 bits per heavy atom. The first-order valence-corrected chi connectivity index (χ1v) is 13.2. The van der Waals surface area contributed by atoms with Crippen LogP contribution in [0.4, 0.5) is 20.4 Å². The zero-order chi connectivity index (χ0) is 31.2. The lowest BCUT2D eigenvalue weighted by Gasteiger charge is -2.16. The van der Waals surface area contributed by atoms with E-state index < -0.39 is 23.6 Å². The molecule has 44 heavy (non-hydrogen) atoms. The van der Waals surface area contributed by atoms with Crippen molar-refractivity contribution in [3.63, 3.8) is 0 Å². The Labute approximate surface area is 249 Å². The van der Waals surface area contributed by atoms with Crippen molar-refractivity contribution in [1.29, 1.82) is 5.26 Å². The monoisotopic (exact) mass is 597 g/mol. The molecule has 0 aliphatic rings. The van der Waals surface area contributed by atoms with Gasteiger partial charge in [0.15, 0.2) is 34.5 Å². The lowest BCUT2D eigenvalue weighted by Crippen LogP contribution is -2.29. The van der Waals surface area contributed by atoms with E-state index in [2.05, 4.69) is 41.1 Å². The van der Waals surface area contributed by atoms with Crippen LogP contribution in [0.15, 0.2) is 60.9 Å². The zero-order valence-corrected chi connectivity index (χ0v) is 23.5. The number of benzene rings is 2. The van der Waals surface area contributed by atoms with Crippen molar-refractivity contribution >= 4 is 34.5 Å². The summed E-state index contributed by atoms with van der Waals surface area (Å²) in [4.78, 5) is 37.7. The predicted molar refractivity (Wildman–Crippen MR) is 156 cm³/mol. The number of halogens is 2. The van der Waals surface area contributed by atoms with Gasteiger partial charge in [-0.25, -0.2) is 23.7 Å². The molecule has 0 radical (unpaired) electrons. The average molecular weight is 598 g/mol. The first-order chi connectivity index (χ1) is 21.2. The second-order valence-electron chi connectivity index (χ2n) is 9.66. The number of carbonyl (C=O) groups excluding carboxylic acids is 2. The number of rotatable bonds is 10. The second-order valence-corrected chi connectivity index (χ2v) is 9.66. The number of H-pyrrole nitrogens is 1. The van der Waals surface area contributed by atoms with Crippen molar-refractivity contribution in [2.45, 2.75) is 19.5 Å². The van der Waals surface area contributed by atoms with Crippen LogP contribution in [0.2, 0.25) is 0 Å². The van der Waals surface area contributed by atoms with Crippen molar-refractivity contribution in [2.24, 2.45) is 0 Å². The quantitative estimate of drug-likeness (QED) is 0.184. The molecular formula is C30H25F2N9O3. The molecular weight excluding hydrogens is 572 g/mol. The highest BCUT2D eigenvalue weighted by Crippen LogP contribution is 2.26. The number of fused-ring (bicyclic) bond motifs is 1. The second kappa shape index (κ2) is 13.0. The Morgan fingerprint density at radius 2 is 1.84 bits per heavy atom. The molecule has 1 atom stereocenters. The van der Waals surface area contributed by atoms with Crippen LogP contribution in [-0.4, -0.2) is 50.7 Å². The fourth-order valence-corrected chi connectivity index (χ4v) is 4.32. The summed E-state index contributed by atoms with van der Waals surface area (Å²) < 4.78 is 31.9. The maximum Gasteiger partial charge on any atom is 0.274 e. The molecule has 2 amide bonds. The van der Waals surface area contributed by atoms with Gasteiger partial charge in [0.05, 0.1) is 17.6 Å². The molecule has 5 aromatic rings. The van der Waals surface area contributed by atoms with Gasteiger partial charge in [-0.3, -0.25) is 14.7 Å². The lowest BCUT2D eigenvalue weighted by atomic mass is 10.0. The van der Waals surface area contributed by atoms with Crippen molar-refractivity contribution in [2.75, 3.05) is 24.4 Å². The number of anilines is 2. The summed E-state index contributed by atoms with van der Waals surface area (Å²) in [6, 6.07) is 13.9. The maximum atomic E-state index is 13.7. The highest BCUT2D eigenvalue weighted by atomic mass is 19.2. The van der Waals surface area contributed by atoms with Crippen LogP contribution >= 0.6 is 0 Å². The number of aromatic nitrogens is 5. The molecule has 4 N–H and O–H groups in total. The third-order valence-corrected chi connectivity index (χ3v) is 6.59. The number of nitrogens with zero attached hydrogens (tertiary/aromatic N) is 5. The largest absolute Gasteiger partial charge is 0.375 e. The number of hydrogen-bond acceptors (Lipinski definition) is 9. The molecule has 0 saturated heterocycles. The van der Waals surface area contributed by atoms with Crippen molar-refractivity contribution < 1.29 is 23.1 Å². The van der Waals surface area contributed by atoms with E-state index in [1.165, 1.54) is 19.4 Å². The minimum absolute atomic E-state index is 0.0600. The molecule has 222 valence electrons. The van der Waals surface area contributed by atoms with Crippen molar-refractivity contribution in [1.82, 2.24) is 30.5 Å². The number of carbonyl (C=O) groups is 2. The number of nitriles is 1. The average Bonchev–Trinajstić information content (AvgIpc) is 3.43. The number of methoxy groups -OCH3 is 1. The Hall–Kier alpha value is -5.81. The molecule has 12 nitrogen and oxygen atoms in total. The van der Waals surface area contributed by atoms with Crippen LogP contribution < -0.4 is 16.0 Å². The van der Waals surface area contributed by atoms with E-state index >= 15 is 0 Å². The molecule has 14 heteroatoms. The van der Waals surface area contributed by atoms with E-state index in [4.69, 9.17) is 4.74 Å². The van der Waals surface area contributed by atoms with E-state index in [0.29, 0.717) is 22.4 Å². The van der Waals surface area contributed by atoms with Crippen LogP contribution in [0.1, 0.15) is 40.3 Å². The normalized spacial score (nSPS) is 11.5. The number of hydrogen-bond donors (Lipinski definition) is 4. The van der Waals surface area contributed by atoms with Gasteiger partial charge in [0.25, 0.3) is 11.8 Å². The van der Waals surface area contributed by atoms with Gasteiger partial charge in [0.2, 0.25) is 0 Å². The van der Waals surface area contributed by atoms with Gasteiger partial charge in [-0.15, -0.1) is 0 Å². The van der Waals surface area contributed by atoms with Gasteiger partial charge in [0.1, 0.15) is 18.5 Å². The first-order valence-electron chi connectivity index (χ1n) is 13.2. The van der Waals surface area contributed by atoms with Gasteiger partial charge < -0.3 is 20.7 Å². The summed E-state index contributed by atoms with van der Waals surface area (Å²) in [7, 11) is 1.43. The Balaban J connectivity index is 1.29. The Bertz CT molecular complexity index is 1890. The SMILES string of the molecule is COCC(=O)Nc1[nH]nc2ncc(-c3ccc(CNc4ncc(C#N)nc4C(=O)N[C@@H](C)c4ccc(F)c(F)c4)cc3)cc12. The van der Waals surface area contributed by atoms with E-state index in [-0.39, 0.29) is 36.3 Å². The van der Waals surface area contributed by atoms with E-state index in [9.17, 15) is 23.6 Å². The molecule has 3 aromatic heterocycles. The fourth-order valence-electron chi connectivity index (χ4n) is 4.32. The highest BCUT2D eigenvalue weighted by molar-refractivity contribution is 6.00. The molecule has 3 heterocycles. The zero-order valence-electron chi connectivity index (χ0n) is 23.5. The van der Waals surface area contributed by atoms with Crippen LogP contribution in [0.5, 0.6) is 0 Å². The van der Waals surface area contributed by atoms with Gasteiger partial charge in [-0.05, 0) is 41.8 Å². The molecule has 0 aliphatic carbocycles. The summed E-state index contributed by atoms with van der Waals surface area (Å²) in [5.74, 6) is -2.44. The molecule has 0 fully saturated rings. The van der Waals surface area contributed by atoms with Gasteiger partial charge in [-0.1, -0.05) is 30.3 Å². The van der Waals surface area contributed by atoms with Crippen molar-refractivity contribution in [3.05, 3.63) is 95.1 Å². The van der Waals surface area contributed by atoms with E-state index in [1.54, 1.807) is 13.1 Å². The number of aromatic amines is 1. The van der Waals surface area contributed by atoms with E-state index in [1.807, 2.05) is 36.4 Å². The maximum absolute atomic E-state index is 13.7. The standard InChI is InChI=1S/C30H25F2N9O3/c1-16(19-7-8-23(31)24(32)10-19)37-30(43)26-29(36-14-21(11-33)38-26)34-12-17-3-5-18(6-4-17)20-9-22-27(35-13-20)40-41-28(22)39-25(42)15-44-2/h3-10,13-14,16H,12,15H2,1-2H3,(H,34,36)(H,37,43)(H2,35,39,40,41,42)/t16-/m0/s1. The van der Waals surface area contributed by atoms with Gasteiger partial charge in [-0.2, -0.15) is 10.4 Å². The number of ether oxygens (including phenoxy) is 1. The molecule has 0 aliphatic heterocycles. The summed E-state index contributed by atoms with van der Waals surface area (Å²) in [6.07, 6.45) is 2.92. The van der Waals surface area contributed by atoms with Gasteiger partial charge >= 0.3 is 0 Å². The summed E-state index contributed by atoms with van der Waals surface area (Å²) >= 11 is 0. The van der Waals surface area contributed by atoms with Crippen LogP contribution in [0.25, 0.3) is 22.2 Å². The number of pyridine rings is 1. The number of nitrogens with one attached hydrogen (secondary N) is 4. The van der Waals surface area contributed by atoms with Crippen LogP contribution in [0.3, 0.4) is 0 Å². The van der Waals surface area contributed by atoms with E-state index in [0.717, 1.165) is 28.8 Å². The Morgan fingerprint density at radius 1 is 1.05 bits per heavy atom. The minimum atomic E-state index is -1.03. The molecule has 0 bridgehead atoms. The predicted octanol–water partition coefficient (Wildman–Crippen LogP) is 4.25. The Kier molecular flexibility index (Phi) is 8.77. The third-order valence-electron chi connectivity index (χ3n) is 6.59. The molecule has 5 rings (SSSR count). The lowest BCUT2D eigenvalue weighted by molar-refractivity contribution is -0.119. The minimum Gasteiger partial charge on any atom is -0.375 e. The summed E-state index contributed by atoms with van der Waals surface area (Å²) in [6.45, 7) is 1.78. The third kappa shape index (κ3) is 6.63. The molecule has 0 unspecified atom stereocenters. The number of amides is 2. The first kappa shape index (κ1) is 29.7. The van der Waals surface area contributed by atoms with Crippen molar-refractivity contribution in [3.8, 4) is 17.2 Å². The smallest absolute Gasteiger partial charge is 0.274 e. The van der Waals surface area contributed by atoms with Gasteiger partial charge in [0, 0.05) is 25.4 Å². The molecule has 2 aromatic carbocycles. The fraction of sp³-hybridized carbons (Fsp3) is 0.167. The van der Waals surface area contributed by atoms with Crippen LogP contribution in [-0.2, 0) is 16.1 Å². The summed E-state index contributed by atoms with van der Waals surface area (Å²) in [5, 5.41) is 25.3. The van der Waals surface area contributed by atoms with Crippen LogP contribution in [0, 0.1) is 23.0 Å². The summed E-state index contributed by atoms with van der Waals surface area (Å²) in [5.41, 5.74) is 3.13.